The Kier molecular flexibility index (Phi) is 6.08. The van der Waals surface area contributed by atoms with E-state index < -0.39 is 15.6 Å². The lowest BCUT2D eigenvalue weighted by Crippen LogP contribution is -2.38. The van der Waals surface area contributed by atoms with E-state index in [2.05, 4.69) is 42.9 Å². The molecule has 1 aliphatic heterocycles. The Morgan fingerprint density at radius 2 is 1.81 bits per heavy atom. The Labute approximate surface area is 176 Å². The minimum absolute atomic E-state index is 0.188. The minimum atomic E-state index is -3.77. The lowest BCUT2D eigenvalue weighted by molar-refractivity contribution is 0.0483. The number of aryl methyl sites for hydroxylation is 1. The summed E-state index contributed by atoms with van der Waals surface area (Å²) < 4.78 is 37.1. The third-order valence-corrected chi connectivity index (χ3v) is 7.48. The molecule has 0 radical (unpaired) electrons. The number of hydrogen-bond acceptors (Lipinski definition) is 3. The fourth-order valence-electron chi connectivity index (χ4n) is 2.94. The molecule has 0 bridgehead atoms. The summed E-state index contributed by atoms with van der Waals surface area (Å²) in [7, 11) is -3.77. The highest BCUT2D eigenvalue weighted by atomic mass is 127. The average molecular weight is 548 g/mol. The van der Waals surface area contributed by atoms with Crippen LogP contribution in [0.1, 0.15) is 30.4 Å². The van der Waals surface area contributed by atoms with Gasteiger partial charge in [0.25, 0.3) is 10.0 Å². The zero-order chi connectivity index (χ0) is 18.8. The van der Waals surface area contributed by atoms with E-state index in [0.29, 0.717) is 6.42 Å². The van der Waals surface area contributed by atoms with Gasteiger partial charge in [0.2, 0.25) is 5.90 Å². The number of rotatable bonds is 4. The summed E-state index contributed by atoms with van der Waals surface area (Å²) in [4.78, 5) is 0.188. The Balaban J connectivity index is 1.92. The molecule has 26 heavy (non-hydrogen) atoms. The Morgan fingerprint density at radius 1 is 1.15 bits per heavy atom. The zero-order valence-electron chi connectivity index (χ0n) is 14.3. The van der Waals surface area contributed by atoms with E-state index in [-0.39, 0.29) is 10.8 Å². The standard InChI is InChI=1S/C19H19BrINO3S/c1-14-4-10-17(11-5-14)26(23,24)22-18-3-2-12-19(13-21,25-18)15-6-8-16(20)9-7-15/h4-11H,2-3,12-13H2,1H3/b22-18-/t19-/m0/s1. The summed E-state index contributed by atoms with van der Waals surface area (Å²) in [6.07, 6.45) is 2.20. The van der Waals surface area contributed by atoms with Crippen LogP contribution in [0.3, 0.4) is 0 Å². The predicted molar refractivity (Wildman–Crippen MR) is 115 cm³/mol. The molecule has 2 aromatic carbocycles. The van der Waals surface area contributed by atoms with Crippen molar-refractivity contribution in [2.24, 2.45) is 4.40 Å². The highest BCUT2D eigenvalue weighted by Gasteiger charge is 2.38. The lowest BCUT2D eigenvalue weighted by atomic mass is 9.88. The topological polar surface area (TPSA) is 55.7 Å². The van der Waals surface area contributed by atoms with Crippen molar-refractivity contribution in [3.8, 4) is 0 Å². The Hall–Kier alpha value is -0.930. The minimum Gasteiger partial charge on any atom is -0.468 e. The van der Waals surface area contributed by atoms with Crippen LogP contribution < -0.4 is 0 Å². The van der Waals surface area contributed by atoms with Crippen LogP contribution in [0.4, 0.5) is 0 Å². The van der Waals surface area contributed by atoms with E-state index in [4.69, 9.17) is 4.74 Å². The van der Waals surface area contributed by atoms with Gasteiger partial charge in [-0.15, -0.1) is 4.40 Å². The van der Waals surface area contributed by atoms with Gasteiger partial charge in [0.1, 0.15) is 5.60 Å². The second-order valence-electron chi connectivity index (χ2n) is 6.36. The van der Waals surface area contributed by atoms with E-state index in [9.17, 15) is 8.42 Å². The number of halogens is 2. The third-order valence-electron chi connectivity index (χ3n) is 4.41. The largest absolute Gasteiger partial charge is 0.468 e. The van der Waals surface area contributed by atoms with Crippen LogP contribution in [0.15, 0.2) is 62.3 Å². The van der Waals surface area contributed by atoms with Gasteiger partial charge in [-0.25, -0.2) is 0 Å². The highest BCUT2D eigenvalue weighted by Crippen LogP contribution is 2.38. The van der Waals surface area contributed by atoms with Crippen molar-refractivity contribution < 1.29 is 13.2 Å². The molecule has 1 fully saturated rings. The third kappa shape index (κ3) is 4.31. The molecule has 7 heteroatoms. The Bertz CT molecular complexity index is 911. The van der Waals surface area contributed by atoms with Crippen molar-refractivity contribution in [3.63, 3.8) is 0 Å². The fraction of sp³-hybridized carbons (Fsp3) is 0.316. The van der Waals surface area contributed by atoms with Gasteiger partial charge in [-0.3, -0.25) is 0 Å². The molecule has 1 atom stereocenters. The molecular weight excluding hydrogens is 529 g/mol. The molecule has 2 aromatic rings. The average Bonchev–Trinajstić information content (AvgIpc) is 2.62. The maximum Gasteiger partial charge on any atom is 0.285 e. The number of hydrogen-bond donors (Lipinski definition) is 0. The molecule has 4 nitrogen and oxygen atoms in total. The normalized spacial score (nSPS) is 22.2. The number of sulfonamides is 1. The van der Waals surface area contributed by atoms with Crippen LogP contribution >= 0.6 is 38.5 Å². The van der Waals surface area contributed by atoms with Crippen LogP contribution in [0.25, 0.3) is 0 Å². The summed E-state index contributed by atoms with van der Waals surface area (Å²) in [6, 6.07) is 14.7. The van der Waals surface area contributed by atoms with Gasteiger partial charge in [0, 0.05) is 15.3 Å². The summed E-state index contributed by atoms with van der Waals surface area (Å²) in [5.41, 5.74) is 1.50. The molecule has 0 aliphatic carbocycles. The monoisotopic (exact) mass is 547 g/mol. The van der Waals surface area contributed by atoms with Gasteiger partial charge in [-0.2, -0.15) is 8.42 Å². The van der Waals surface area contributed by atoms with Crippen molar-refractivity contribution >= 4 is 54.4 Å². The maximum absolute atomic E-state index is 12.6. The SMILES string of the molecule is Cc1ccc(S(=O)(=O)/N=C2/CCC[C@](CI)(c3ccc(Br)cc3)O2)cc1. The van der Waals surface area contributed by atoms with Crippen LogP contribution in [-0.4, -0.2) is 18.7 Å². The lowest BCUT2D eigenvalue weighted by Gasteiger charge is -2.37. The molecule has 1 saturated heterocycles. The molecular formula is C19H19BrINO3S. The highest BCUT2D eigenvalue weighted by molar-refractivity contribution is 14.1. The van der Waals surface area contributed by atoms with Crippen LogP contribution in [0.2, 0.25) is 0 Å². The second-order valence-corrected chi connectivity index (χ2v) is 9.65. The van der Waals surface area contributed by atoms with E-state index in [1.54, 1.807) is 24.3 Å². The molecule has 0 amide bonds. The van der Waals surface area contributed by atoms with Gasteiger partial charge in [0.15, 0.2) is 0 Å². The molecule has 1 aliphatic rings. The van der Waals surface area contributed by atoms with E-state index in [1.807, 2.05) is 31.2 Å². The fourth-order valence-corrected chi connectivity index (χ4v) is 5.17. The molecule has 1 heterocycles. The Morgan fingerprint density at radius 3 is 2.42 bits per heavy atom. The van der Waals surface area contributed by atoms with E-state index >= 15 is 0 Å². The summed E-state index contributed by atoms with van der Waals surface area (Å²) in [5, 5.41) is 0. The number of alkyl halides is 1. The molecule has 0 spiro atoms. The van der Waals surface area contributed by atoms with E-state index in [1.165, 1.54) is 0 Å². The molecule has 3 rings (SSSR count). The molecule has 0 unspecified atom stereocenters. The number of benzene rings is 2. The summed E-state index contributed by atoms with van der Waals surface area (Å²) >= 11 is 5.74. The second kappa shape index (κ2) is 7.98. The molecule has 0 N–H and O–H groups in total. The first-order valence-electron chi connectivity index (χ1n) is 8.26. The van der Waals surface area contributed by atoms with Crippen LogP contribution in [0.5, 0.6) is 0 Å². The van der Waals surface area contributed by atoms with Crippen LogP contribution in [0, 0.1) is 6.92 Å². The zero-order valence-corrected chi connectivity index (χ0v) is 18.8. The van der Waals surface area contributed by atoms with Crippen molar-refractivity contribution in [2.75, 3.05) is 4.43 Å². The van der Waals surface area contributed by atoms with E-state index in [0.717, 1.165) is 32.9 Å². The van der Waals surface area contributed by atoms with Gasteiger partial charge in [-0.05, 0) is 49.6 Å². The molecule has 0 saturated carbocycles. The maximum atomic E-state index is 12.6. The van der Waals surface area contributed by atoms with Gasteiger partial charge in [-0.1, -0.05) is 68.3 Å². The van der Waals surface area contributed by atoms with Gasteiger partial charge < -0.3 is 4.74 Å². The predicted octanol–water partition coefficient (Wildman–Crippen LogP) is 5.38. The van der Waals surface area contributed by atoms with Crippen molar-refractivity contribution in [1.29, 1.82) is 0 Å². The molecule has 138 valence electrons. The first-order valence-corrected chi connectivity index (χ1v) is 12.0. The summed E-state index contributed by atoms with van der Waals surface area (Å²) in [6.45, 7) is 1.92. The number of ether oxygens (including phenoxy) is 1. The van der Waals surface area contributed by atoms with Crippen molar-refractivity contribution in [3.05, 3.63) is 64.1 Å². The quantitative estimate of drug-likeness (QED) is 0.381. The van der Waals surface area contributed by atoms with Crippen LogP contribution in [-0.2, 0) is 20.4 Å². The summed E-state index contributed by atoms with van der Waals surface area (Å²) in [5.74, 6) is 0.288. The van der Waals surface area contributed by atoms with Gasteiger partial charge in [0.05, 0.1) is 4.90 Å². The molecule has 0 aromatic heterocycles. The first kappa shape index (κ1) is 19.8. The first-order chi connectivity index (χ1) is 12.3. The number of nitrogens with zero attached hydrogens (tertiary/aromatic N) is 1. The van der Waals surface area contributed by atoms with Gasteiger partial charge >= 0.3 is 0 Å². The van der Waals surface area contributed by atoms with Crippen molar-refractivity contribution in [1.82, 2.24) is 0 Å². The smallest absolute Gasteiger partial charge is 0.285 e. The van der Waals surface area contributed by atoms with Crippen molar-refractivity contribution in [2.45, 2.75) is 36.7 Å².